The average molecular weight is 406 g/mol. The number of benzene rings is 2. The molecule has 1 aliphatic rings. The van der Waals surface area contributed by atoms with Crippen LogP contribution < -0.4 is 15.5 Å². The number of hydrogen-bond donors (Lipinski definition) is 3. The minimum absolute atomic E-state index is 0.366. The molecule has 30 heavy (non-hydrogen) atoms. The highest BCUT2D eigenvalue weighted by atomic mass is 16.3. The minimum Gasteiger partial charge on any atom is -0.508 e. The molecule has 1 aliphatic carbocycles. The zero-order chi connectivity index (χ0) is 20.9. The Morgan fingerprint density at radius 1 is 0.967 bits per heavy atom. The second-order valence-electron chi connectivity index (χ2n) is 8.40. The predicted molar refractivity (Wildman–Crippen MR) is 123 cm³/mol. The van der Waals surface area contributed by atoms with Gasteiger partial charge in [-0.05, 0) is 56.3 Å². The zero-order valence-electron chi connectivity index (χ0n) is 17.8. The number of hydrogen-bond acceptors (Lipinski definition) is 6. The van der Waals surface area contributed by atoms with Crippen LogP contribution in [0.3, 0.4) is 0 Å². The number of phenols is 1. The molecular formula is C24H31N5O. The summed E-state index contributed by atoms with van der Waals surface area (Å²) in [5.41, 5.74) is 1.93. The number of para-hydroxylation sites is 2. The molecule has 2 aromatic carbocycles. The highest BCUT2D eigenvalue weighted by molar-refractivity contribution is 5.90. The van der Waals surface area contributed by atoms with Crippen LogP contribution in [0.2, 0.25) is 0 Å². The summed E-state index contributed by atoms with van der Waals surface area (Å²) in [5, 5.41) is 18.0. The Hall–Kier alpha value is -2.86. The van der Waals surface area contributed by atoms with Crippen LogP contribution >= 0.6 is 0 Å². The number of phenolic OH excluding ortho intramolecular Hbond substituents is 1. The number of nitrogens with one attached hydrogen (secondary N) is 2. The van der Waals surface area contributed by atoms with Gasteiger partial charge in [0, 0.05) is 37.6 Å². The van der Waals surface area contributed by atoms with Gasteiger partial charge in [0.05, 0.1) is 5.52 Å². The number of fused-ring (bicyclic) bond motifs is 1. The van der Waals surface area contributed by atoms with Gasteiger partial charge in [-0.25, -0.2) is 4.98 Å². The Morgan fingerprint density at radius 2 is 1.70 bits per heavy atom. The molecule has 0 amide bonds. The fourth-order valence-corrected chi connectivity index (χ4v) is 4.23. The summed E-state index contributed by atoms with van der Waals surface area (Å²) in [5.74, 6) is 2.71. The van der Waals surface area contributed by atoms with Gasteiger partial charge in [0.15, 0.2) is 0 Å². The summed E-state index contributed by atoms with van der Waals surface area (Å²) in [6, 6.07) is 16.1. The molecule has 1 saturated carbocycles. The molecule has 0 unspecified atom stereocenters. The minimum atomic E-state index is 0.366. The van der Waals surface area contributed by atoms with Crippen LogP contribution in [0.5, 0.6) is 5.75 Å². The fourth-order valence-electron chi connectivity index (χ4n) is 4.23. The first-order chi connectivity index (χ1) is 14.6. The van der Waals surface area contributed by atoms with Crippen LogP contribution in [-0.4, -0.2) is 41.8 Å². The summed E-state index contributed by atoms with van der Waals surface area (Å²) < 4.78 is 0. The topological polar surface area (TPSA) is 73.3 Å². The maximum absolute atomic E-state index is 9.88. The van der Waals surface area contributed by atoms with Gasteiger partial charge in [-0.15, -0.1) is 0 Å². The van der Waals surface area contributed by atoms with E-state index in [1.165, 1.54) is 12.8 Å². The molecule has 1 aromatic heterocycles. The monoisotopic (exact) mass is 405 g/mol. The lowest BCUT2D eigenvalue weighted by Gasteiger charge is -2.29. The Kier molecular flexibility index (Phi) is 6.33. The van der Waals surface area contributed by atoms with E-state index in [0.717, 1.165) is 47.6 Å². The van der Waals surface area contributed by atoms with Crippen molar-refractivity contribution in [3.63, 3.8) is 0 Å². The van der Waals surface area contributed by atoms with Crippen LogP contribution in [0.25, 0.3) is 10.9 Å². The van der Waals surface area contributed by atoms with Crippen molar-refractivity contribution in [2.45, 2.75) is 38.3 Å². The van der Waals surface area contributed by atoms with E-state index in [-0.39, 0.29) is 0 Å². The molecule has 3 aromatic rings. The van der Waals surface area contributed by atoms with E-state index in [2.05, 4.69) is 16.7 Å². The fraction of sp³-hybridized carbons (Fsp3) is 0.417. The van der Waals surface area contributed by atoms with Crippen molar-refractivity contribution >= 4 is 22.7 Å². The average Bonchev–Trinajstić information content (AvgIpc) is 2.75. The number of anilines is 2. The summed E-state index contributed by atoms with van der Waals surface area (Å²) in [7, 11) is 4.04. The van der Waals surface area contributed by atoms with E-state index in [4.69, 9.17) is 9.97 Å². The quantitative estimate of drug-likeness (QED) is 0.548. The molecule has 1 heterocycles. The second kappa shape index (κ2) is 9.30. The summed E-state index contributed by atoms with van der Waals surface area (Å²) in [6.45, 7) is 1.70. The third-order valence-electron chi connectivity index (χ3n) is 5.93. The zero-order valence-corrected chi connectivity index (χ0v) is 17.8. The van der Waals surface area contributed by atoms with Gasteiger partial charge in [-0.2, -0.15) is 4.98 Å². The lowest BCUT2D eigenvalue weighted by atomic mass is 9.86. The standard InChI is InChI=1S/C24H31N5O/c1-29(2)23-20-8-4-5-9-21(20)27-24(28-23)26-19-13-11-17(12-14-19)15-25-16-18-7-3-6-10-22(18)30/h3-10,17,19,25,30H,11-16H2,1-2H3,(H,26,27,28)/t17-,19+. The molecule has 4 rings (SSSR count). The number of aromatic nitrogens is 2. The molecule has 1 fully saturated rings. The van der Waals surface area contributed by atoms with Crippen LogP contribution in [0, 0.1) is 5.92 Å². The summed E-state index contributed by atoms with van der Waals surface area (Å²) in [4.78, 5) is 11.6. The molecule has 0 bridgehead atoms. The molecule has 0 atom stereocenters. The first kappa shape index (κ1) is 20.4. The summed E-state index contributed by atoms with van der Waals surface area (Å²) >= 11 is 0. The molecule has 158 valence electrons. The van der Waals surface area contributed by atoms with E-state index >= 15 is 0 Å². The van der Waals surface area contributed by atoms with Gasteiger partial charge in [-0.3, -0.25) is 0 Å². The van der Waals surface area contributed by atoms with Crippen molar-refractivity contribution in [3.8, 4) is 5.75 Å². The van der Waals surface area contributed by atoms with E-state index in [1.807, 2.05) is 55.4 Å². The highest BCUT2D eigenvalue weighted by Crippen LogP contribution is 2.28. The number of nitrogens with zero attached hydrogens (tertiary/aromatic N) is 3. The van der Waals surface area contributed by atoms with Crippen molar-refractivity contribution < 1.29 is 5.11 Å². The Balaban J connectivity index is 1.30. The van der Waals surface area contributed by atoms with Gasteiger partial charge >= 0.3 is 0 Å². The Labute approximate surface area is 178 Å². The van der Waals surface area contributed by atoms with Crippen molar-refractivity contribution in [2.24, 2.45) is 5.92 Å². The molecule has 0 radical (unpaired) electrons. The van der Waals surface area contributed by atoms with Crippen LogP contribution in [0.1, 0.15) is 31.2 Å². The van der Waals surface area contributed by atoms with Gasteiger partial charge < -0.3 is 20.6 Å². The molecule has 3 N–H and O–H groups in total. The molecule has 0 saturated heterocycles. The number of rotatable bonds is 7. The van der Waals surface area contributed by atoms with Crippen molar-refractivity contribution in [2.75, 3.05) is 30.9 Å². The van der Waals surface area contributed by atoms with Crippen LogP contribution in [0.4, 0.5) is 11.8 Å². The van der Waals surface area contributed by atoms with E-state index in [1.54, 1.807) is 6.07 Å². The molecular weight excluding hydrogens is 374 g/mol. The number of aromatic hydroxyl groups is 1. The SMILES string of the molecule is CN(C)c1nc(N[C@H]2CC[C@@H](CNCc3ccccc3O)CC2)nc2ccccc12. The summed E-state index contributed by atoms with van der Waals surface area (Å²) in [6.07, 6.45) is 4.60. The van der Waals surface area contributed by atoms with Crippen molar-refractivity contribution in [1.29, 1.82) is 0 Å². The first-order valence-electron chi connectivity index (χ1n) is 10.8. The van der Waals surface area contributed by atoms with Crippen LogP contribution in [0.15, 0.2) is 48.5 Å². The van der Waals surface area contributed by atoms with Crippen LogP contribution in [-0.2, 0) is 6.54 Å². The largest absolute Gasteiger partial charge is 0.508 e. The van der Waals surface area contributed by atoms with Gasteiger partial charge in [0.2, 0.25) is 5.95 Å². The van der Waals surface area contributed by atoms with E-state index in [0.29, 0.717) is 24.3 Å². The maximum Gasteiger partial charge on any atom is 0.225 e. The first-order valence-corrected chi connectivity index (χ1v) is 10.8. The molecule has 0 spiro atoms. The third-order valence-corrected chi connectivity index (χ3v) is 5.93. The normalized spacial score (nSPS) is 19.0. The lowest BCUT2D eigenvalue weighted by Crippen LogP contribution is -2.31. The highest BCUT2D eigenvalue weighted by Gasteiger charge is 2.22. The van der Waals surface area contributed by atoms with Gasteiger partial charge in [-0.1, -0.05) is 30.3 Å². The van der Waals surface area contributed by atoms with Crippen molar-refractivity contribution in [1.82, 2.24) is 15.3 Å². The molecule has 6 nitrogen and oxygen atoms in total. The second-order valence-corrected chi connectivity index (χ2v) is 8.40. The van der Waals surface area contributed by atoms with E-state index in [9.17, 15) is 5.11 Å². The van der Waals surface area contributed by atoms with Gasteiger partial charge in [0.25, 0.3) is 0 Å². The third kappa shape index (κ3) is 4.82. The Bertz CT molecular complexity index is 982. The smallest absolute Gasteiger partial charge is 0.225 e. The predicted octanol–water partition coefficient (Wildman–Crippen LogP) is 4.16. The molecule has 0 aliphatic heterocycles. The Morgan fingerprint density at radius 3 is 2.47 bits per heavy atom. The van der Waals surface area contributed by atoms with E-state index < -0.39 is 0 Å². The maximum atomic E-state index is 9.88. The molecule has 6 heteroatoms. The lowest BCUT2D eigenvalue weighted by molar-refractivity contribution is 0.323. The van der Waals surface area contributed by atoms with Gasteiger partial charge in [0.1, 0.15) is 11.6 Å². The van der Waals surface area contributed by atoms with Crippen molar-refractivity contribution in [3.05, 3.63) is 54.1 Å².